The highest BCUT2D eigenvalue weighted by atomic mass is 16.6. The third kappa shape index (κ3) is 10.5. The summed E-state index contributed by atoms with van der Waals surface area (Å²) in [4.78, 5) is 36.0. The largest absolute Gasteiger partial charge is 0.465 e. The number of primary amides is 1. The molecule has 1 amide bonds. The van der Waals surface area contributed by atoms with Gasteiger partial charge in [0.1, 0.15) is 12.2 Å². The van der Waals surface area contributed by atoms with E-state index in [0.717, 1.165) is 17.6 Å². The van der Waals surface area contributed by atoms with E-state index in [4.69, 9.17) is 19.9 Å². The molecule has 6 unspecified atom stereocenters. The summed E-state index contributed by atoms with van der Waals surface area (Å²) in [6, 6.07) is 0. The number of amides is 1. The van der Waals surface area contributed by atoms with E-state index in [1.165, 1.54) is 0 Å². The molecule has 0 aromatic rings. The van der Waals surface area contributed by atoms with Crippen molar-refractivity contribution in [3.8, 4) is 0 Å². The molecule has 0 bridgehead atoms. The standard InChI is InChI=1S/C32H47NO7/c1-20-14-11-17-28(34)40-31(21(2)12-7-9-15-26-18-29(35)38-19-23(26)4)22(3)13-8-10-16-27(39-32(33)37)25(6)30(36)24(20)5/h7-10,12-14,16,22-27,30-31,36H,11,15,17-19H2,1-6H3,(H2,33,37)/b9-7+,13-8-,16-10-,20-14+,21-12+/t22-,23?,24?,25?,26?,27?,30-,31?/m0/s1. The van der Waals surface area contributed by atoms with Crippen LogP contribution < -0.4 is 5.73 Å². The number of rotatable bonds is 5. The minimum atomic E-state index is -0.904. The zero-order valence-electron chi connectivity index (χ0n) is 24.7. The highest BCUT2D eigenvalue weighted by Gasteiger charge is 2.30. The fourth-order valence-electron chi connectivity index (χ4n) is 5.03. The van der Waals surface area contributed by atoms with Gasteiger partial charge in [0.25, 0.3) is 0 Å². The van der Waals surface area contributed by atoms with Gasteiger partial charge in [-0.25, -0.2) is 4.79 Å². The predicted molar refractivity (Wildman–Crippen MR) is 155 cm³/mol. The van der Waals surface area contributed by atoms with Crippen LogP contribution in [0, 0.1) is 29.6 Å². The Labute approximate surface area is 239 Å². The average Bonchev–Trinajstić information content (AvgIpc) is 2.90. The first-order chi connectivity index (χ1) is 18.9. The summed E-state index contributed by atoms with van der Waals surface area (Å²) in [5.74, 6) is -0.625. The van der Waals surface area contributed by atoms with Crippen LogP contribution in [0.2, 0.25) is 0 Å². The van der Waals surface area contributed by atoms with Crippen LogP contribution in [-0.2, 0) is 23.8 Å². The molecule has 8 atom stereocenters. The second-order valence-corrected chi connectivity index (χ2v) is 11.3. The highest BCUT2D eigenvalue weighted by molar-refractivity contribution is 5.70. The maximum Gasteiger partial charge on any atom is 0.405 e. The number of esters is 2. The van der Waals surface area contributed by atoms with Gasteiger partial charge in [-0.1, -0.05) is 75.8 Å². The molecule has 8 nitrogen and oxygen atoms in total. The molecule has 2 heterocycles. The molecule has 0 spiro atoms. The molecule has 3 N–H and O–H groups in total. The molecule has 0 saturated carbocycles. The van der Waals surface area contributed by atoms with Gasteiger partial charge in [0.15, 0.2) is 0 Å². The second kappa shape index (κ2) is 16.2. The molecule has 0 radical (unpaired) electrons. The predicted octanol–water partition coefficient (Wildman–Crippen LogP) is 5.58. The zero-order chi connectivity index (χ0) is 29.8. The van der Waals surface area contributed by atoms with E-state index in [9.17, 15) is 19.5 Å². The molecule has 2 rings (SSSR count). The molecule has 2 aliphatic heterocycles. The average molecular weight is 558 g/mol. The van der Waals surface area contributed by atoms with E-state index in [-0.39, 0.29) is 36.1 Å². The lowest BCUT2D eigenvalue weighted by Crippen LogP contribution is -2.37. The number of aliphatic hydroxyl groups excluding tert-OH is 1. The molecule has 40 heavy (non-hydrogen) atoms. The van der Waals surface area contributed by atoms with Gasteiger partial charge in [-0.2, -0.15) is 0 Å². The maximum atomic E-state index is 12.8. The zero-order valence-corrected chi connectivity index (χ0v) is 24.7. The van der Waals surface area contributed by atoms with Crippen molar-refractivity contribution >= 4 is 18.0 Å². The van der Waals surface area contributed by atoms with Gasteiger partial charge < -0.3 is 25.1 Å². The lowest BCUT2D eigenvalue weighted by atomic mass is 9.84. The van der Waals surface area contributed by atoms with E-state index >= 15 is 0 Å². The normalized spacial score (nSPS) is 36.2. The Morgan fingerprint density at radius 2 is 1.85 bits per heavy atom. The van der Waals surface area contributed by atoms with Gasteiger partial charge in [0, 0.05) is 30.6 Å². The Morgan fingerprint density at radius 3 is 2.55 bits per heavy atom. The summed E-state index contributed by atoms with van der Waals surface area (Å²) in [6.07, 6.45) is 14.1. The third-order valence-corrected chi connectivity index (χ3v) is 8.04. The summed E-state index contributed by atoms with van der Waals surface area (Å²) in [5, 5.41) is 10.9. The summed E-state index contributed by atoms with van der Waals surface area (Å²) in [6.45, 7) is 12.1. The van der Waals surface area contributed by atoms with Gasteiger partial charge >= 0.3 is 18.0 Å². The Morgan fingerprint density at radius 1 is 1.15 bits per heavy atom. The number of nitrogens with two attached hydrogens (primary N) is 1. The van der Waals surface area contributed by atoms with Crippen molar-refractivity contribution in [3.63, 3.8) is 0 Å². The molecule has 0 aromatic carbocycles. The highest BCUT2D eigenvalue weighted by Crippen LogP contribution is 2.27. The molecule has 1 fully saturated rings. The SMILES string of the molecule is C/C1=C\CCC(=O)OC(/C(C)=C/C=C/CC2CC(=O)OCC2C)[C@@H](C)/C=C\C=C/C(OC(N)=O)C(C)[C@@H](O)C1C. The molecular weight excluding hydrogens is 510 g/mol. The van der Waals surface area contributed by atoms with Crippen molar-refractivity contribution in [2.45, 2.75) is 85.5 Å². The number of cyclic esters (lactones) is 2. The smallest absolute Gasteiger partial charge is 0.405 e. The monoisotopic (exact) mass is 557 g/mol. The van der Waals surface area contributed by atoms with Crippen molar-refractivity contribution in [1.29, 1.82) is 0 Å². The van der Waals surface area contributed by atoms with Gasteiger partial charge in [-0.3, -0.25) is 9.59 Å². The molecule has 8 heteroatoms. The van der Waals surface area contributed by atoms with Crippen molar-refractivity contribution in [2.24, 2.45) is 35.3 Å². The third-order valence-electron chi connectivity index (χ3n) is 8.04. The van der Waals surface area contributed by atoms with Crippen LogP contribution in [0.25, 0.3) is 0 Å². The van der Waals surface area contributed by atoms with Crippen LogP contribution in [0.5, 0.6) is 0 Å². The molecular formula is C32H47NO7. The number of allylic oxidation sites excluding steroid dienone is 6. The second-order valence-electron chi connectivity index (χ2n) is 11.3. The molecule has 2 aliphatic rings. The lowest BCUT2D eigenvalue weighted by molar-refractivity contribution is -0.152. The fourth-order valence-corrected chi connectivity index (χ4v) is 5.03. The number of ether oxygens (including phenoxy) is 3. The minimum absolute atomic E-state index is 0.143. The van der Waals surface area contributed by atoms with Crippen LogP contribution in [-0.4, -0.2) is 48.1 Å². The minimum Gasteiger partial charge on any atom is -0.465 e. The summed E-state index contributed by atoms with van der Waals surface area (Å²) >= 11 is 0. The molecule has 0 aliphatic carbocycles. The van der Waals surface area contributed by atoms with Gasteiger partial charge in [0.2, 0.25) is 0 Å². The summed E-state index contributed by atoms with van der Waals surface area (Å²) in [5.41, 5.74) is 7.13. The van der Waals surface area contributed by atoms with Gasteiger partial charge in [-0.15, -0.1) is 0 Å². The molecule has 1 saturated heterocycles. The Bertz CT molecular complexity index is 1020. The fraction of sp³-hybridized carbons (Fsp3) is 0.594. The number of hydrogen-bond donors (Lipinski definition) is 2. The van der Waals surface area contributed by atoms with E-state index in [0.29, 0.717) is 25.4 Å². The Balaban J connectivity index is 2.26. The first-order valence-corrected chi connectivity index (χ1v) is 14.2. The van der Waals surface area contributed by atoms with Crippen molar-refractivity contribution in [2.75, 3.05) is 6.61 Å². The number of hydrogen-bond acceptors (Lipinski definition) is 7. The van der Waals surface area contributed by atoms with E-state index in [1.807, 2.05) is 71.1 Å². The van der Waals surface area contributed by atoms with E-state index in [1.54, 1.807) is 12.2 Å². The Hall–Kier alpha value is -3.13. The van der Waals surface area contributed by atoms with Crippen LogP contribution >= 0.6 is 0 Å². The quantitative estimate of drug-likeness (QED) is 0.196. The van der Waals surface area contributed by atoms with E-state index < -0.39 is 30.3 Å². The Kier molecular flexibility index (Phi) is 13.4. The molecule has 222 valence electrons. The van der Waals surface area contributed by atoms with Crippen LogP contribution in [0.4, 0.5) is 4.79 Å². The number of carbonyl (C=O) groups is 3. The first kappa shape index (κ1) is 33.1. The molecule has 0 aromatic heterocycles. The van der Waals surface area contributed by atoms with Crippen LogP contribution in [0.3, 0.4) is 0 Å². The first-order valence-electron chi connectivity index (χ1n) is 14.2. The summed E-state index contributed by atoms with van der Waals surface area (Å²) in [7, 11) is 0. The van der Waals surface area contributed by atoms with Crippen molar-refractivity contribution in [1.82, 2.24) is 0 Å². The van der Waals surface area contributed by atoms with Crippen LogP contribution in [0.15, 0.2) is 59.8 Å². The van der Waals surface area contributed by atoms with Gasteiger partial charge in [-0.05, 0) is 50.2 Å². The number of aliphatic hydroxyl groups is 1. The maximum absolute atomic E-state index is 12.8. The summed E-state index contributed by atoms with van der Waals surface area (Å²) < 4.78 is 16.4. The van der Waals surface area contributed by atoms with Gasteiger partial charge in [0.05, 0.1) is 12.7 Å². The van der Waals surface area contributed by atoms with Crippen LogP contribution in [0.1, 0.15) is 67.2 Å². The van der Waals surface area contributed by atoms with E-state index in [2.05, 4.69) is 6.92 Å². The van der Waals surface area contributed by atoms with Crippen molar-refractivity contribution < 1.29 is 33.7 Å². The number of carbonyl (C=O) groups excluding carboxylic acids is 3. The lowest BCUT2D eigenvalue weighted by Gasteiger charge is -2.30. The van der Waals surface area contributed by atoms with Crippen molar-refractivity contribution in [3.05, 3.63) is 59.8 Å². The topological polar surface area (TPSA) is 125 Å².